The first kappa shape index (κ1) is 12.7. The molecule has 0 saturated carbocycles. The Hall–Kier alpha value is -1.29. The molecule has 2 aliphatic heterocycles. The van der Waals surface area contributed by atoms with Crippen molar-refractivity contribution < 1.29 is 9.13 Å². The first-order chi connectivity index (χ1) is 9.28. The van der Waals surface area contributed by atoms with Gasteiger partial charge in [-0.3, -0.25) is 4.90 Å². The number of rotatable bonds is 2. The van der Waals surface area contributed by atoms with E-state index in [1.165, 1.54) is 38.1 Å². The van der Waals surface area contributed by atoms with Crippen LogP contribution in [-0.2, 0) is 0 Å². The zero-order valence-electron chi connectivity index (χ0n) is 11.4. The Morgan fingerprint density at radius 1 is 1.21 bits per heavy atom. The third kappa shape index (κ3) is 2.54. The molecule has 3 nitrogen and oxygen atoms in total. The quantitative estimate of drug-likeness (QED) is 0.816. The SMILES string of the molecule is COc1cc(F)ccc1N1CCCN2CCCC2C1. The van der Waals surface area contributed by atoms with Crippen molar-refractivity contribution in [1.82, 2.24) is 4.90 Å². The number of hydrogen-bond donors (Lipinski definition) is 0. The van der Waals surface area contributed by atoms with Crippen LogP contribution in [0.4, 0.5) is 10.1 Å². The van der Waals surface area contributed by atoms with Crippen LogP contribution in [-0.4, -0.2) is 44.2 Å². The van der Waals surface area contributed by atoms with Gasteiger partial charge in [-0.25, -0.2) is 4.39 Å². The molecule has 0 aromatic heterocycles. The van der Waals surface area contributed by atoms with Crippen molar-refractivity contribution in [3.63, 3.8) is 0 Å². The second-order valence-corrected chi connectivity index (χ2v) is 5.45. The van der Waals surface area contributed by atoms with Crippen molar-refractivity contribution in [2.24, 2.45) is 0 Å². The lowest BCUT2D eigenvalue weighted by Crippen LogP contribution is -2.36. The third-order valence-corrected chi connectivity index (χ3v) is 4.29. The first-order valence-corrected chi connectivity index (χ1v) is 7.10. The topological polar surface area (TPSA) is 15.7 Å². The smallest absolute Gasteiger partial charge is 0.145 e. The van der Waals surface area contributed by atoms with E-state index in [1.807, 2.05) is 6.07 Å². The zero-order valence-corrected chi connectivity index (χ0v) is 11.4. The minimum Gasteiger partial charge on any atom is -0.494 e. The fourth-order valence-corrected chi connectivity index (χ4v) is 3.34. The number of halogens is 1. The Bertz CT molecular complexity index is 452. The molecule has 0 bridgehead atoms. The lowest BCUT2D eigenvalue weighted by Gasteiger charge is -2.28. The van der Waals surface area contributed by atoms with Gasteiger partial charge in [0.15, 0.2) is 0 Å². The molecular weight excluding hydrogens is 243 g/mol. The molecule has 2 heterocycles. The number of nitrogens with zero attached hydrogens (tertiary/aromatic N) is 2. The number of fused-ring (bicyclic) bond motifs is 1. The maximum atomic E-state index is 13.3. The minimum absolute atomic E-state index is 0.238. The molecular formula is C15H21FN2O. The number of hydrogen-bond acceptors (Lipinski definition) is 3. The van der Waals surface area contributed by atoms with Crippen LogP contribution in [0.1, 0.15) is 19.3 Å². The largest absolute Gasteiger partial charge is 0.494 e. The molecule has 4 heteroatoms. The van der Waals surface area contributed by atoms with Gasteiger partial charge in [0.1, 0.15) is 11.6 Å². The lowest BCUT2D eigenvalue weighted by atomic mass is 10.2. The molecule has 19 heavy (non-hydrogen) atoms. The average molecular weight is 264 g/mol. The zero-order chi connectivity index (χ0) is 13.2. The summed E-state index contributed by atoms with van der Waals surface area (Å²) in [4.78, 5) is 4.95. The molecule has 1 unspecified atom stereocenters. The van der Waals surface area contributed by atoms with Gasteiger partial charge in [0.2, 0.25) is 0 Å². The van der Waals surface area contributed by atoms with E-state index in [1.54, 1.807) is 7.11 Å². The molecule has 2 saturated heterocycles. The Labute approximate surface area is 114 Å². The van der Waals surface area contributed by atoms with E-state index in [0.29, 0.717) is 11.8 Å². The van der Waals surface area contributed by atoms with Gasteiger partial charge in [0, 0.05) is 31.7 Å². The Morgan fingerprint density at radius 2 is 2.05 bits per heavy atom. The van der Waals surface area contributed by atoms with E-state index in [0.717, 1.165) is 25.2 Å². The predicted octanol–water partition coefficient (Wildman–Crippen LogP) is 2.51. The monoisotopic (exact) mass is 264 g/mol. The van der Waals surface area contributed by atoms with Crippen LogP contribution in [0.15, 0.2) is 18.2 Å². The van der Waals surface area contributed by atoms with Gasteiger partial charge in [-0.1, -0.05) is 0 Å². The Kier molecular flexibility index (Phi) is 3.60. The van der Waals surface area contributed by atoms with Crippen LogP contribution < -0.4 is 9.64 Å². The summed E-state index contributed by atoms with van der Waals surface area (Å²) in [6.07, 6.45) is 3.75. The highest BCUT2D eigenvalue weighted by atomic mass is 19.1. The molecule has 104 valence electrons. The molecule has 1 aromatic carbocycles. The molecule has 0 amide bonds. The van der Waals surface area contributed by atoms with E-state index in [-0.39, 0.29) is 5.82 Å². The summed E-state index contributed by atoms with van der Waals surface area (Å²) in [5, 5.41) is 0. The highest BCUT2D eigenvalue weighted by Crippen LogP contribution is 2.32. The second kappa shape index (κ2) is 5.37. The second-order valence-electron chi connectivity index (χ2n) is 5.45. The number of anilines is 1. The summed E-state index contributed by atoms with van der Waals surface area (Å²) >= 11 is 0. The minimum atomic E-state index is -0.238. The van der Waals surface area contributed by atoms with E-state index in [2.05, 4.69) is 9.80 Å². The van der Waals surface area contributed by atoms with Crippen LogP contribution in [0.5, 0.6) is 5.75 Å². The maximum Gasteiger partial charge on any atom is 0.145 e. The van der Waals surface area contributed by atoms with E-state index >= 15 is 0 Å². The fraction of sp³-hybridized carbons (Fsp3) is 0.600. The van der Waals surface area contributed by atoms with Gasteiger partial charge >= 0.3 is 0 Å². The van der Waals surface area contributed by atoms with Gasteiger partial charge in [0.25, 0.3) is 0 Å². The average Bonchev–Trinajstić information content (AvgIpc) is 2.76. The van der Waals surface area contributed by atoms with E-state index < -0.39 is 0 Å². The van der Waals surface area contributed by atoms with E-state index in [9.17, 15) is 4.39 Å². The van der Waals surface area contributed by atoms with Crippen molar-refractivity contribution in [3.8, 4) is 5.75 Å². The lowest BCUT2D eigenvalue weighted by molar-refractivity contribution is 0.273. The summed E-state index contributed by atoms with van der Waals surface area (Å²) < 4.78 is 18.6. The number of methoxy groups -OCH3 is 1. The van der Waals surface area contributed by atoms with Crippen LogP contribution in [0.25, 0.3) is 0 Å². The maximum absolute atomic E-state index is 13.3. The highest BCUT2D eigenvalue weighted by molar-refractivity contribution is 5.59. The molecule has 1 aromatic rings. The van der Waals surface area contributed by atoms with Gasteiger partial charge in [-0.05, 0) is 37.9 Å². The van der Waals surface area contributed by atoms with Crippen molar-refractivity contribution in [2.45, 2.75) is 25.3 Å². The summed E-state index contributed by atoms with van der Waals surface area (Å²) in [6, 6.07) is 5.50. The van der Waals surface area contributed by atoms with Crippen LogP contribution >= 0.6 is 0 Å². The van der Waals surface area contributed by atoms with Gasteiger partial charge in [0.05, 0.1) is 12.8 Å². The number of benzene rings is 1. The Morgan fingerprint density at radius 3 is 2.89 bits per heavy atom. The molecule has 2 aliphatic rings. The third-order valence-electron chi connectivity index (χ3n) is 4.29. The first-order valence-electron chi connectivity index (χ1n) is 7.10. The van der Waals surface area contributed by atoms with Crippen molar-refractivity contribution in [1.29, 1.82) is 0 Å². The fourth-order valence-electron chi connectivity index (χ4n) is 3.34. The predicted molar refractivity (Wildman–Crippen MR) is 74.4 cm³/mol. The van der Waals surface area contributed by atoms with E-state index in [4.69, 9.17) is 4.74 Å². The normalized spacial score (nSPS) is 24.1. The summed E-state index contributed by atoms with van der Waals surface area (Å²) in [5.74, 6) is 0.407. The number of ether oxygens (including phenoxy) is 1. The molecule has 2 fully saturated rings. The van der Waals surface area contributed by atoms with Gasteiger partial charge in [-0.15, -0.1) is 0 Å². The summed E-state index contributed by atoms with van der Waals surface area (Å²) in [6.45, 7) is 4.47. The molecule has 0 radical (unpaired) electrons. The standard InChI is InChI=1S/C15H21FN2O/c1-19-15-10-12(16)5-6-14(15)18-9-3-8-17-7-2-4-13(17)11-18/h5-6,10,13H,2-4,7-9,11H2,1H3. The Balaban J connectivity index is 1.84. The van der Waals surface area contributed by atoms with Gasteiger partial charge < -0.3 is 9.64 Å². The van der Waals surface area contributed by atoms with Crippen LogP contribution in [0.2, 0.25) is 0 Å². The molecule has 0 N–H and O–H groups in total. The molecule has 1 atom stereocenters. The van der Waals surface area contributed by atoms with Crippen LogP contribution in [0.3, 0.4) is 0 Å². The highest BCUT2D eigenvalue weighted by Gasteiger charge is 2.29. The summed E-state index contributed by atoms with van der Waals surface area (Å²) in [7, 11) is 1.61. The van der Waals surface area contributed by atoms with Crippen molar-refractivity contribution in [2.75, 3.05) is 38.2 Å². The van der Waals surface area contributed by atoms with Crippen LogP contribution in [0, 0.1) is 5.82 Å². The molecule has 3 rings (SSSR count). The van der Waals surface area contributed by atoms with Crippen molar-refractivity contribution >= 4 is 5.69 Å². The molecule has 0 spiro atoms. The summed E-state index contributed by atoms with van der Waals surface area (Å²) in [5.41, 5.74) is 1.03. The molecule has 0 aliphatic carbocycles. The van der Waals surface area contributed by atoms with Gasteiger partial charge in [-0.2, -0.15) is 0 Å². The van der Waals surface area contributed by atoms with Crippen molar-refractivity contribution in [3.05, 3.63) is 24.0 Å².